The van der Waals surface area contributed by atoms with Gasteiger partial charge >= 0.3 is 0 Å². The van der Waals surface area contributed by atoms with E-state index in [4.69, 9.17) is 10.2 Å². The zero-order chi connectivity index (χ0) is 11.5. The molecule has 0 aliphatic carbocycles. The summed E-state index contributed by atoms with van der Waals surface area (Å²) >= 11 is 0. The van der Waals surface area contributed by atoms with Gasteiger partial charge in [-0.3, -0.25) is 4.79 Å². The van der Waals surface area contributed by atoms with Crippen LogP contribution >= 0.6 is 0 Å². The molecule has 4 heteroatoms. The van der Waals surface area contributed by atoms with E-state index in [-0.39, 0.29) is 5.91 Å². The predicted octanol–water partition coefficient (Wildman–Crippen LogP) is 1.40. The van der Waals surface area contributed by atoms with Crippen molar-refractivity contribution in [3.05, 3.63) is 36.1 Å². The Morgan fingerprint density at radius 2 is 2.25 bits per heavy atom. The first-order chi connectivity index (χ1) is 7.68. The van der Waals surface area contributed by atoms with Gasteiger partial charge < -0.3 is 15.5 Å². The third-order valence-corrected chi connectivity index (χ3v) is 2.43. The van der Waals surface area contributed by atoms with Crippen molar-refractivity contribution in [2.24, 2.45) is 5.73 Å². The van der Waals surface area contributed by atoms with Crippen LogP contribution in [-0.4, -0.2) is 11.9 Å². The number of rotatable bonds is 3. The van der Waals surface area contributed by atoms with Gasteiger partial charge in [0, 0.05) is 17.5 Å². The minimum Gasteiger partial charge on any atom is -0.464 e. The van der Waals surface area contributed by atoms with Gasteiger partial charge in [0.05, 0.1) is 12.3 Å². The first-order valence-electron chi connectivity index (χ1n) is 5.17. The standard InChI is InChI=1S/C12H14N2O2/c1-8(13)12(15)14-6-9-7-16-11-5-3-2-4-10(9)11/h2-5,7-8H,6,13H2,1H3,(H,14,15). The van der Waals surface area contributed by atoms with Gasteiger partial charge in [0.2, 0.25) is 5.91 Å². The molecule has 0 fully saturated rings. The number of hydrogen-bond acceptors (Lipinski definition) is 3. The molecule has 84 valence electrons. The van der Waals surface area contributed by atoms with E-state index in [1.54, 1.807) is 13.2 Å². The van der Waals surface area contributed by atoms with E-state index >= 15 is 0 Å². The van der Waals surface area contributed by atoms with Crippen LogP contribution in [0.15, 0.2) is 34.9 Å². The molecular formula is C12H14N2O2. The molecule has 1 unspecified atom stereocenters. The molecule has 0 aliphatic rings. The van der Waals surface area contributed by atoms with Crippen molar-refractivity contribution in [3.63, 3.8) is 0 Å². The number of carbonyl (C=O) groups excluding carboxylic acids is 1. The number of carbonyl (C=O) groups is 1. The van der Waals surface area contributed by atoms with Gasteiger partial charge in [0.15, 0.2) is 0 Å². The fourth-order valence-corrected chi connectivity index (χ4v) is 1.51. The quantitative estimate of drug-likeness (QED) is 0.818. The Hall–Kier alpha value is -1.81. The molecule has 0 spiro atoms. The third kappa shape index (κ3) is 2.06. The highest BCUT2D eigenvalue weighted by atomic mass is 16.3. The molecule has 1 aromatic carbocycles. The minimum absolute atomic E-state index is 0.162. The second-order valence-electron chi connectivity index (χ2n) is 3.76. The smallest absolute Gasteiger partial charge is 0.236 e. The van der Waals surface area contributed by atoms with Gasteiger partial charge in [-0.25, -0.2) is 0 Å². The molecule has 4 nitrogen and oxygen atoms in total. The van der Waals surface area contributed by atoms with Gasteiger partial charge in [-0.1, -0.05) is 18.2 Å². The highest BCUT2D eigenvalue weighted by molar-refractivity contribution is 5.83. The minimum atomic E-state index is -0.488. The summed E-state index contributed by atoms with van der Waals surface area (Å²) in [6.45, 7) is 2.10. The van der Waals surface area contributed by atoms with Crippen LogP contribution < -0.4 is 11.1 Å². The summed E-state index contributed by atoms with van der Waals surface area (Å²) in [5.74, 6) is -0.162. The van der Waals surface area contributed by atoms with Crippen molar-refractivity contribution in [3.8, 4) is 0 Å². The number of furan rings is 1. The summed E-state index contributed by atoms with van der Waals surface area (Å²) in [6.07, 6.45) is 1.66. The molecule has 16 heavy (non-hydrogen) atoms. The summed E-state index contributed by atoms with van der Waals surface area (Å²) in [5, 5.41) is 3.77. The van der Waals surface area contributed by atoms with Crippen molar-refractivity contribution in [2.75, 3.05) is 0 Å². The summed E-state index contributed by atoms with van der Waals surface area (Å²) < 4.78 is 5.36. The molecule has 0 radical (unpaired) electrons. The van der Waals surface area contributed by atoms with Crippen LogP contribution in [0.3, 0.4) is 0 Å². The normalized spacial score (nSPS) is 12.6. The lowest BCUT2D eigenvalue weighted by Gasteiger charge is -2.06. The lowest BCUT2D eigenvalue weighted by Crippen LogP contribution is -2.37. The number of amides is 1. The van der Waals surface area contributed by atoms with Crippen LogP contribution in [0.5, 0.6) is 0 Å². The largest absolute Gasteiger partial charge is 0.464 e. The molecule has 1 amide bonds. The van der Waals surface area contributed by atoms with Gasteiger partial charge in [-0.05, 0) is 13.0 Å². The van der Waals surface area contributed by atoms with E-state index in [0.29, 0.717) is 6.54 Å². The Labute approximate surface area is 93.4 Å². The number of nitrogens with one attached hydrogen (secondary N) is 1. The molecule has 2 aromatic rings. The molecular weight excluding hydrogens is 204 g/mol. The molecule has 3 N–H and O–H groups in total. The van der Waals surface area contributed by atoms with Crippen LogP contribution in [0.25, 0.3) is 11.0 Å². The SMILES string of the molecule is CC(N)C(=O)NCc1coc2ccccc12. The zero-order valence-corrected chi connectivity index (χ0v) is 9.07. The molecule has 1 atom stereocenters. The molecule has 2 rings (SSSR count). The van der Waals surface area contributed by atoms with Gasteiger partial charge in [-0.2, -0.15) is 0 Å². The van der Waals surface area contributed by atoms with Gasteiger partial charge in [-0.15, -0.1) is 0 Å². The molecule has 0 saturated heterocycles. The van der Waals surface area contributed by atoms with Gasteiger partial charge in [0.25, 0.3) is 0 Å². The molecule has 0 aliphatic heterocycles. The number of benzene rings is 1. The number of para-hydroxylation sites is 1. The Bertz CT molecular complexity index is 502. The maximum absolute atomic E-state index is 11.3. The van der Waals surface area contributed by atoms with Gasteiger partial charge in [0.1, 0.15) is 5.58 Å². The molecule has 0 saturated carbocycles. The van der Waals surface area contributed by atoms with Crippen LogP contribution in [0.4, 0.5) is 0 Å². The number of nitrogens with two attached hydrogens (primary N) is 1. The van der Waals surface area contributed by atoms with Crippen molar-refractivity contribution in [1.82, 2.24) is 5.32 Å². The van der Waals surface area contributed by atoms with E-state index in [9.17, 15) is 4.79 Å². The first-order valence-corrected chi connectivity index (χ1v) is 5.17. The maximum Gasteiger partial charge on any atom is 0.236 e. The third-order valence-electron chi connectivity index (χ3n) is 2.43. The predicted molar refractivity (Wildman–Crippen MR) is 61.7 cm³/mol. The van der Waals surface area contributed by atoms with Crippen LogP contribution in [0.1, 0.15) is 12.5 Å². The van der Waals surface area contributed by atoms with Crippen LogP contribution in [0.2, 0.25) is 0 Å². The van der Waals surface area contributed by atoms with E-state index in [2.05, 4.69) is 5.32 Å². The second-order valence-corrected chi connectivity index (χ2v) is 3.76. The first kappa shape index (κ1) is 10.7. The fraction of sp³-hybridized carbons (Fsp3) is 0.250. The fourth-order valence-electron chi connectivity index (χ4n) is 1.51. The lowest BCUT2D eigenvalue weighted by atomic mass is 10.2. The summed E-state index contributed by atoms with van der Waals surface area (Å²) in [7, 11) is 0. The summed E-state index contributed by atoms with van der Waals surface area (Å²) in [4.78, 5) is 11.3. The highest BCUT2D eigenvalue weighted by Crippen LogP contribution is 2.20. The Kier molecular flexibility index (Phi) is 2.92. The zero-order valence-electron chi connectivity index (χ0n) is 9.07. The molecule has 0 bridgehead atoms. The van der Waals surface area contributed by atoms with Crippen molar-refractivity contribution >= 4 is 16.9 Å². The van der Waals surface area contributed by atoms with Crippen LogP contribution in [-0.2, 0) is 11.3 Å². The van der Waals surface area contributed by atoms with E-state index in [0.717, 1.165) is 16.5 Å². The summed E-state index contributed by atoms with van der Waals surface area (Å²) in [6, 6.07) is 7.22. The average Bonchev–Trinajstić information content (AvgIpc) is 2.69. The van der Waals surface area contributed by atoms with Crippen molar-refractivity contribution in [1.29, 1.82) is 0 Å². The molecule has 1 heterocycles. The molecule has 1 aromatic heterocycles. The maximum atomic E-state index is 11.3. The van der Waals surface area contributed by atoms with Crippen molar-refractivity contribution < 1.29 is 9.21 Å². The van der Waals surface area contributed by atoms with E-state index < -0.39 is 6.04 Å². The number of hydrogen-bond donors (Lipinski definition) is 2. The number of fused-ring (bicyclic) bond motifs is 1. The van der Waals surface area contributed by atoms with E-state index in [1.165, 1.54) is 0 Å². The monoisotopic (exact) mass is 218 g/mol. The topological polar surface area (TPSA) is 68.3 Å². The Morgan fingerprint density at radius 3 is 3.00 bits per heavy atom. The lowest BCUT2D eigenvalue weighted by molar-refractivity contribution is -0.122. The van der Waals surface area contributed by atoms with Crippen molar-refractivity contribution in [2.45, 2.75) is 19.5 Å². The highest BCUT2D eigenvalue weighted by Gasteiger charge is 2.09. The average molecular weight is 218 g/mol. The van der Waals surface area contributed by atoms with E-state index in [1.807, 2.05) is 24.3 Å². The summed E-state index contributed by atoms with van der Waals surface area (Å²) in [5.41, 5.74) is 7.24. The second kappa shape index (κ2) is 4.37. The Morgan fingerprint density at radius 1 is 1.50 bits per heavy atom. The van der Waals surface area contributed by atoms with Crippen LogP contribution in [0, 0.1) is 0 Å². The Balaban J connectivity index is 2.13.